The van der Waals surface area contributed by atoms with E-state index in [0.29, 0.717) is 11.4 Å². The molecule has 0 aliphatic rings. The van der Waals surface area contributed by atoms with E-state index in [4.69, 9.17) is 11.5 Å². The summed E-state index contributed by atoms with van der Waals surface area (Å²) < 4.78 is 15.3. The van der Waals surface area contributed by atoms with Gasteiger partial charge in [-0.05, 0) is 30.2 Å². The molecule has 0 bridgehead atoms. The lowest BCUT2D eigenvalue weighted by Crippen LogP contribution is -2.42. The maximum atomic E-state index is 15.3. The standard InChI is InChI=1S/C26H25FN6O/c1-17-14-30-16-21(23(17)27)33(22-13-12-20(15-31-22)26(29)34)32-25(19-10-6-3-7-11-19)24(28)18-8-4-2-5-9-18/h2-16,24-25,32H,28H2,1H3,(H2,29,34)/t24-,25+/m0/s1. The summed E-state index contributed by atoms with van der Waals surface area (Å²) in [6, 6.07) is 21.5. The Morgan fingerprint density at radius 2 is 1.59 bits per heavy atom. The van der Waals surface area contributed by atoms with E-state index < -0.39 is 23.8 Å². The monoisotopic (exact) mass is 456 g/mol. The van der Waals surface area contributed by atoms with Crippen molar-refractivity contribution >= 4 is 17.4 Å². The second kappa shape index (κ2) is 10.2. The number of nitrogens with zero attached hydrogens (tertiary/aromatic N) is 3. The highest BCUT2D eigenvalue weighted by molar-refractivity contribution is 5.92. The van der Waals surface area contributed by atoms with E-state index in [1.807, 2.05) is 60.7 Å². The molecule has 4 aromatic rings. The Hall–Kier alpha value is -4.14. The van der Waals surface area contributed by atoms with Gasteiger partial charge in [0.1, 0.15) is 11.5 Å². The Balaban J connectivity index is 1.81. The molecule has 5 N–H and O–H groups in total. The molecule has 2 heterocycles. The molecule has 4 rings (SSSR count). The SMILES string of the molecule is Cc1cncc(N(N[C@H](c2ccccc2)[C@@H](N)c2ccccc2)c2ccc(C(N)=O)cn2)c1F. The van der Waals surface area contributed by atoms with Crippen molar-refractivity contribution in [3.05, 3.63) is 119 Å². The van der Waals surface area contributed by atoms with Gasteiger partial charge in [0, 0.05) is 18.0 Å². The number of aryl methyl sites for hydroxylation is 1. The topological polar surface area (TPSA) is 110 Å². The lowest BCUT2D eigenvalue weighted by atomic mass is 9.94. The molecule has 0 spiro atoms. The number of primary amides is 1. The molecule has 7 nitrogen and oxygen atoms in total. The van der Waals surface area contributed by atoms with Crippen LogP contribution < -0.4 is 21.9 Å². The zero-order chi connectivity index (χ0) is 24.1. The van der Waals surface area contributed by atoms with Crippen molar-refractivity contribution in [1.82, 2.24) is 15.4 Å². The number of halogens is 1. The molecule has 2 aromatic heterocycles. The minimum atomic E-state index is -0.602. The fraction of sp³-hybridized carbons (Fsp3) is 0.115. The molecule has 8 heteroatoms. The highest BCUT2D eigenvalue weighted by Gasteiger charge is 2.27. The molecule has 172 valence electrons. The van der Waals surface area contributed by atoms with E-state index in [1.165, 1.54) is 29.7 Å². The molecule has 0 radical (unpaired) electrons. The third-order valence-corrected chi connectivity index (χ3v) is 5.51. The molecule has 0 aliphatic heterocycles. The van der Waals surface area contributed by atoms with Crippen LogP contribution in [-0.2, 0) is 0 Å². The first kappa shape index (κ1) is 23.0. The summed E-state index contributed by atoms with van der Waals surface area (Å²) in [5.41, 5.74) is 18.1. The first-order valence-electron chi connectivity index (χ1n) is 10.7. The molecular weight excluding hydrogens is 431 g/mol. The summed E-state index contributed by atoms with van der Waals surface area (Å²) in [6.45, 7) is 1.64. The molecule has 0 fully saturated rings. The average molecular weight is 457 g/mol. The van der Waals surface area contributed by atoms with E-state index in [9.17, 15) is 4.79 Å². The number of anilines is 2. The number of rotatable bonds is 8. The number of hydrogen-bond donors (Lipinski definition) is 3. The predicted octanol–water partition coefficient (Wildman–Crippen LogP) is 4.11. The van der Waals surface area contributed by atoms with Crippen molar-refractivity contribution in [1.29, 1.82) is 0 Å². The van der Waals surface area contributed by atoms with Crippen LogP contribution in [0.2, 0.25) is 0 Å². The Bertz CT molecular complexity index is 1250. The highest BCUT2D eigenvalue weighted by Crippen LogP contribution is 2.32. The zero-order valence-corrected chi connectivity index (χ0v) is 18.6. The molecule has 0 saturated carbocycles. The third-order valence-electron chi connectivity index (χ3n) is 5.51. The lowest BCUT2D eigenvalue weighted by Gasteiger charge is -2.33. The second-order valence-corrected chi connectivity index (χ2v) is 7.85. The van der Waals surface area contributed by atoms with Crippen molar-refractivity contribution in [2.75, 3.05) is 5.01 Å². The molecule has 2 aromatic carbocycles. The number of hydrazine groups is 1. The minimum absolute atomic E-state index is 0.167. The molecule has 34 heavy (non-hydrogen) atoms. The van der Waals surface area contributed by atoms with Crippen molar-refractivity contribution < 1.29 is 9.18 Å². The van der Waals surface area contributed by atoms with Crippen LogP contribution in [0, 0.1) is 12.7 Å². The normalized spacial score (nSPS) is 12.7. The summed E-state index contributed by atoms with van der Waals surface area (Å²) in [5, 5.41) is 1.50. The number of carbonyl (C=O) groups excluding carboxylic acids is 1. The van der Waals surface area contributed by atoms with Crippen LogP contribution in [-0.4, -0.2) is 15.9 Å². The van der Waals surface area contributed by atoms with E-state index in [1.54, 1.807) is 13.0 Å². The van der Waals surface area contributed by atoms with Gasteiger partial charge in [-0.25, -0.2) is 14.8 Å². The highest BCUT2D eigenvalue weighted by atomic mass is 19.1. The quantitative estimate of drug-likeness (QED) is 0.344. The van der Waals surface area contributed by atoms with Gasteiger partial charge in [0.25, 0.3) is 0 Å². The number of amides is 1. The predicted molar refractivity (Wildman–Crippen MR) is 130 cm³/mol. The van der Waals surface area contributed by atoms with Crippen molar-refractivity contribution in [3.8, 4) is 0 Å². The average Bonchev–Trinajstić information content (AvgIpc) is 2.87. The molecule has 1 amide bonds. The number of benzene rings is 2. The van der Waals surface area contributed by atoms with E-state index in [-0.39, 0.29) is 11.3 Å². The first-order chi connectivity index (χ1) is 16.5. The van der Waals surface area contributed by atoms with Gasteiger partial charge < -0.3 is 11.5 Å². The minimum Gasteiger partial charge on any atom is -0.366 e. The van der Waals surface area contributed by atoms with Crippen LogP contribution in [0.1, 0.15) is 39.1 Å². The van der Waals surface area contributed by atoms with Gasteiger partial charge in [0.05, 0.1) is 23.8 Å². The fourth-order valence-corrected chi connectivity index (χ4v) is 3.64. The third kappa shape index (κ3) is 4.93. The fourth-order valence-electron chi connectivity index (χ4n) is 3.64. The van der Waals surface area contributed by atoms with Gasteiger partial charge in [-0.1, -0.05) is 60.7 Å². The van der Waals surface area contributed by atoms with E-state index in [2.05, 4.69) is 15.4 Å². The first-order valence-corrected chi connectivity index (χ1v) is 10.7. The van der Waals surface area contributed by atoms with Crippen molar-refractivity contribution in [2.45, 2.75) is 19.0 Å². The maximum absolute atomic E-state index is 15.3. The summed E-state index contributed by atoms with van der Waals surface area (Å²) >= 11 is 0. The molecule has 2 atom stereocenters. The van der Waals surface area contributed by atoms with Gasteiger partial charge in [-0.2, -0.15) is 0 Å². The lowest BCUT2D eigenvalue weighted by molar-refractivity contribution is 0.1000. The summed E-state index contributed by atoms with van der Waals surface area (Å²) in [6.07, 6.45) is 4.21. The second-order valence-electron chi connectivity index (χ2n) is 7.85. The van der Waals surface area contributed by atoms with Gasteiger partial charge in [-0.3, -0.25) is 14.8 Å². The Morgan fingerprint density at radius 1 is 0.941 bits per heavy atom. The number of carbonyl (C=O) groups is 1. The van der Waals surface area contributed by atoms with Crippen LogP contribution in [0.5, 0.6) is 0 Å². The smallest absolute Gasteiger partial charge is 0.250 e. The number of nitrogens with one attached hydrogen (secondary N) is 1. The van der Waals surface area contributed by atoms with Gasteiger partial charge in [0.15, 0.2) is 5.82 Å². The van der Waals surface area contributed by atoms with Crippen molar-refractivity contribution in [2.24, 2.45) is 11.5 Å². The number of nitrogens with two attached hydrogens (primary N) is 2. The molecule has 0 saturated heterocycles. The van der Waals surface area contributed by atoms with Crippen LogP contribution >= 0.6 is 0 Å². The largest absolute Gasteiger partial charge is 0.366 e. The van der Waals surface area contributed by atoms with Gasteiger partial charge in [0.2, 0.25) is 5.91 Å². The van der Waals surface area contributed by atoms with E-state index >= 15 is 4.39 Å². The Labute approximate surface area is 197 Å². The van der Waals surface area contributed by atoms with Crippen molar-refractivity contribution in [3.63, 3.8) is 0 Å². The molecule has 0 aliphatic carbocycles. The Kier molecular flexibility index (Phi) is 6.91. The maximum Gasteiger partial charge on any atom is 0.250 e. The zero-order valence-electron chi connectivity index (χ0n) is 18.6. The number of aromatic nitrogens is 2. The van der Waals surface area contributed by atoms with Crippen LogP contribution in [0.3, 0.4) is 0 Å². The number of hydrogen-bond acceptors (Lipinski definition) is 6. The van der Waals surface area contributed by atoms with Gasteiger partial charge in [-0.15, -0.1) is 0 Å². The molecule has 0 unspecified atom stereocenters. The van der Waals surface area contributed by atoms with Crippen LogP contribution in [0.4, 0.5) is 15.9 Å². The summed E-state index contributed by atoms with van der Waals surface area (Å²) in [4.78, 5) is 20.0. The van der Waals surface area contributed by atoms with E-state index in [0.717, 1.165) is 11.1 Å². The van der Waals surface area contributed by atoms with Gasteiger partial charge >= 0.3 is 0 Å². The summed E-state index contributed by atoms with van der Waals surface area (Å²) in [7, 11) is 0. The van der Waals surface area contributed by atoms with Crippen LogP contribution in [0.15, 0.2) is 91.4 Å². The summed E-state index contributed by atoms with van der Waals surface area (Å²) in [5.74, 6) is -0.712. The Morgan fingerprint density at radius 3 is 2.18 bits per heavy atom. The molecular formula is C26H25FN6O. The van der Waals surface area contributed by atoms with Crippen LogP contribution in [0.25, 0.3) is 0 Å². The number of pyridine rings is 2.